The second-order valence-electron chi connectivity index (χ2n) is 6.01. The number of halogens is 2. The number of hydrogen-bond donors (Lipinski definition) is 1. The van der Waals surface area contributed by atoms with E-state index in [9.17, 15) is 9.59 Å². The Kier molecular flexibility index (Phi) is 6.06. The van der Waals surface area contributed by atoms with E-state index >= 15 is 0 Å². The minimum Gasteiger partial charge on any atom is -0.484 e. The molecule has 1 aromatic carbocycles. The number of benzene rings is 1. The van der Waals surface area contributed by atoms with E-state index in [-0.39, 0.29) is 24.5 Å². The van der Waals surface area contributed by atoms with Crippen molar-refractivity contribution in [2.24, 2.45) is 0 Å². The second kappa shape index (κ2) is 8.47. The first-order valence-electron chi connectivity index (χ1n) is 8.21. The third kappa shape index (κ3) is 4.71. The molecule has 0 saturated carbocycles. The summed E-state index contributed by atoms with van der Waals surface area (Å²) in [6, 6.07) is 6.51. The fourth-order valence-electron chi connectivity index (χ4n) is 2.78. The van der Waals surface area contributed by atoms with Crippen molar-refractivity contribution >= 4 is 35.0 Å². The molecule has 1 saturated heterocycles. The van der Waals surface area contributed by atoms with Crippen LogP contribution in [0.25, 0.3) is 0 Å². The van der Waals surface area contributed by atoms with Crippen LogP contribution in [0.1, 0.15) is 23.2 Å². The van der Waals surface area contributed by atoms with Gasteiger partial charge in [-0.2, -0.15) is 0 Å². The Morgan fingerprint density at radius 3 is 2.62 bits per heavy atom. The predicted molar refractivity (Wildman–Crippen MR) is 97.7 cm³/mol. The molecule has 0 radical (unpaired) electrons. The molecule has 2 amide bonds. The van der Waals surface area contributed by atoms with Crippen molar-refractivity contribution in [1.82, 2.24) is 10.2 Å². The van der Waals surface area contributed by atoms with Gasteiger partial charge in [0.15, 0.2) is 6.61 Å². The largest absolute Gasteiger partial charge is 0.484 e. The smallest absolute Gasteiger partial charge is 0.258 e. The lowest BCUT2D eigenvalue weighted by Gasteiger charge is -2.32. The van der Waals surface area contributed by atoms with Crippen molar-refractivity contribution in [1.29, 1.82) is 0 Å². The highest BCUT2D eigenvalue weighted by molar-refractivity contribution is 6.42. The first-order chi connectivity index (χ1) is 12.5. The Bertz CT molecular complexity index is 772. The van der Waals surface area contributed by atoms with Crippen molar-refractivity contribution in [3.8, 4) is 5.75 Å². The molecule has 8 heteroatoms. The van der Waals surface area contributed by atoms with Gasteiger partial charge >= 0.3 is 0 Å². The zero-order valence-corrected chi connectivity index (χ0v) is 15.4. The lowest BCUT2D eigenvalue weighted by atomic mass is 10.0. The van der Waals surface area contributed by atoms with Crippen LogP contribution in [0.5, 0.6) is 5.75 Å². The molecule has 0 unspecified atom stereocenters. The van der Waals surface area contributed by atoms with Crippen LogP contribution >= 0.6 is 23.2 Å². The number of piperidine rings is 1. The van der Waals surface area contributed by atoms with Crippen molar-refractivity contribution in [2.45, 2.75) is 18.9 Å². The molecule has 1 N–H and O–H groups in total. The number of amides is 2. The van der Waals surface area contributed by atoms with E-state index in [0.29, 0.717) is 47.3 Å². The molecule has 1 aromatic heterocycles. The minimum atomic E-state index is -0.212. The van der Waals surface area contributed by atoms with Gasteiger partial charge in [0, 0.05) is 25.2 Å². The number of likely N-dealkylation sites (tertiary alicyclic amines) is 1. The molecule has 138 valence electrons. The van der Waals surface area contributed by atoms with E-state index in [1.807, 2.05) is 0 Å². The van der Waals surface area contributed by atoms with Crippen LogP contribution in [0.4, 0.5) is 0 Å². The monoisotopic (exact) mass is 396 g/mol. The molecular weight excluding hydrogens is 379 g/mol. The number of nitrogens with zero attached hydrogens (tertiary/aromatic N) is 1. The molecule has 0 aliphatic carbocycles. The Hall–Kier alpha value is -2.18. The Morgan fingerprint density at radius 2 is 1.96 bits per heavy atom. The molecule has 0 bridgehead atoms. The predicted octanol–water partition coefficient (Wildman–Crippen LogP) is 3.39. The van der Waals surface area contributed by atoms with Gasteiger partial charge in [-0.15, -0.1) is 0 Å². The van der Waals surface area contributed by atoms with Gasteiger partial charge in [0.1, 0.15) is 12.0 Å². The maximum atomic E-state index is 12.2. The maximum absolute atomic E-state index is 12.2. The number of nitrogens with one attached hydrogen (secondary N) is 1. The highest BCUT2D eigenvalue weighted by Crippen LogP contribution is 2.26. The summed E-state index contributed by atoms with van der Waals surface area (Å²) >= 11 is 11.7. The average molecular weight is 397 g/mol. The van der Waals surface area contributed by atoms with Crippen molar-refractivity contribution in [2.75, 3.05) is 19.7 Å². The highest BCUT2D eigenvalue weighted by atomic mass is 35.5. The summed E-state index contributed by atoms with van der Waals surface area (Å²) in [5.74, 6) is 0.220. The molecule has 0 atom stereocenters. The Labute approximate surface area is 161 Å². The fraction of sp³-hybridized carbons (Fsp3) is 0.333. The summed E-state index contributed by atoms with van der Waals surface area (Å²) in [6.45, 7) is 1.07. The van der Waals surface area contributed by atoms with Gasteiger partial charge in [0.2, 0.25) is 0 Å². The lowest BCUT2D eigenvalue weighted by Crippen LogP contribution is -2.47. The second-order valence-corrected chi connectivity index (χ2v) is 6.83. The quantitative estimate of drug-likeness (QED) is 0.840. The van der Waals surface area contributed by atoms with Crippen LogP contribution in [0.3, 0.4) is 0 Å². The van der Waals surface area contributed by atoms with Gasteiger partial charge in [0.25, 0.3) is 11.8 Å². The van der Waals surface area contributed by atoms with Crippen LogP contribution < -0.4 is 10.1 Å². The number of hydrogen-bond acceptors (Lipinski definition) is 4. The van der Waals surface area contributed by atoms with Crippen LogP contribution in [0, 0.1) is 0 Å². The molecule has 0 spiro atoms. The molecular formula is C18H18Cl2N2O4. The highest BCUT2D eigenvalue weighted by Gasteiger charge is 2.25. The molecule has 26 heavy (non-hydrogen) atoms. The van der Waals surface area contributed by atoms with E-state index in [1.165, 1.54) is 12.5 Å². The van der Waals surface area contributed by atoms with E-state index in [0.717, 1.165) is 0 Å². The molecule has 3 rings (SSSR count). The van der Waals surface area contributed by atoms with Crippen molar-refractivity contribution in [3.05, 3.63) is 52.4 Å². The average Bonchev–Trinajstić information content (AvgIpc) is 3.17. The van der Waals surface area contributed by atoms with Gasteiger partial charge in [-0.1, -0.05) is 23.2 Å². The maximum Gasteiger partial charge on any atom is 0.258 e. The SMILES string of the molecule is O=C(COc1ccc(Cl)c(Cl)c1)NC1CCN(C(=O)c2ccoc2)CC1. The van der Waals surface area contributed by atoms with Crippen LogP contribution in [-0.2, 0) is 4.79 Å². The summed E-state index contributed by atoms with van der Waals surface area (Å²) in [4.78, 5) is 26.1. The fourth-order valence-corrected chi connectivity index (χ4v) is 3.07. The molecule has 6 nitrogen and oxygen atoms in total. The van der Waals surface area contributed by atoms with Crippen molar-refractivity contribution < 1.29 is 18.7 Å². The lowest BCUT2D eigenvalue weighted by molar-refractivity contribution is -0.124. The minimum absolute atomic E-state index is 0.0216. The van der Waals surface area contributed by atoms with Crippen LogP contribution in [0.15, 0.2) is 41.2 Å². The molecule has 1 aliphatic heterocycles. The topological polar surface area (TPSA) is 71.8 Å². The summed E-state index contributed by atoms with van der Waals surface area (Å²) in [5.41, 5.74) is 0.544. The molecule has 1 aliphatic rings. The number of rotatable bonds is 5. The van der Waals surface area contributed by atoms with Gasteiger partial charge in [-0.25, -0.2) is 0 Å². The van der Waals surface area contributed by atoms with Gasteiger partial charge in [0.05, 0.1) is 21.9 Å². The summed E-state index contributed by atoms with van der Waals surface area (Å²) in [6.07, 6.45) is 4.31. The van der Waals surface area contributed by atoms with Crippen LogP contribution in [-0.4, -0.2) is 42.5 Å². The number of carbonyl (C=O) groups is 2. The van der Waals surface area contributed by atoms with Crippen LogP contribution in [0.2, 0.25) is 10.0 Å². The molecule has 1 fully saturated rings. The van der Waals surface area contributed by atoms with E-state index in [1.54, 1.807) is 29.2 Å². The van der Waals surface area contributed by atoms with E-state index in [4.69, 9.17) is 32.4 Å². The first kappa shape index (κ1) is 18.6. The van der Waals surface area contributed by atoms with E-state index < -0.39 is 0 Å². The standard InChI is InChI=1S/C18H18Cl2N2O4/c19-15-2-1-14(9-16(15)20)26-11-17(23)21-13-3-6-22(7-4-13)18(24)12-5-8-25-10-12/h1-2,5,8-10,13H,3-4,6-7,11H2,(H,21,23). The molecule has 2 heterocycles. The van der Waals surface area contributed by atoms with E-state index in [2.05, 4.69) is 5.32 Å². The molecule has 2 aromatic rings. The number of carbonyl (C=O) groups excluding carboxylic acids is 2. The zero-order chi connectivity index (χ0) is 18.5. The first-order valence-corrected chi connectivity index (χ1v) is 8.97. The zero-order valence-electron chi connectivity index (χ0n) is 13.9. The van der Waals surface area contributed by atoms with Gasteiger partial charge < -0.3 is 19.4 Å². The number of furan rings is 1. The normalized spacial score (nSPS) is 14.9. The summed E-state index contributed by atoms with van der Waals surface area (Å²) in [7, 11) is 0. The summed E-state index contributed by atoms with van der Waals surface area (Å²) < 4.78 is 10.4. The third-order valence-corrected chi connectivity index (χ3v) is 4.92. The Balaban J connectivity index is 1.42. The summed E-state index contributed by atoms with van der Waals surface area (Å²) in [5, 5.41) is 3.73. The van der Waals surface area contributed by atoms with Gasteiger partial charge in [-0.3, -0.25) is 9.59 Å². The Morgan fingerprint density at radius 1 is 1.19 bits per heavy atom. The number of ether oxygens (including phenoxy) is 1. The third-order valence-electron chi connectivity index (χ3n) is 4.18. The van der Waals surface area contributed by atoms with Crippen molar-refractivity contribution in [3.63, 3.8) is 0 Å². The van der Waals surface area contributed by atoms with Gasteiger partial charge in [-0.05, 0) is 31.0 Å².